The summed E-state index contributed by atoms with van der Waals surface area (Å²) >= 11 is 0. The first-order valence-electron chi connectivity index (χ1n) is 9.31. The largest absolute Gasteiger partial charge is 0.507 e. The summed E-state index contributed by atoms with van der Waals surface area (Å²) in [7, 11) is 0. The lowest BCUT2D eigenvalue weighted by molar-refractivity contribution is -0.117. The van der Waals surface area contributed by atoms with Crippen LogP contribution < -0.4 is 10.7 Å². The molecule has 0 heterocycles. The number of nitrogens with one attached hydrogen (secondary N) is 2. The van der Waals surface area contributed by atoms with Gasteiger partial charge in [-0.3, -0.25) is 9.59 Å². The van der Waals surface area contributed by atoms with Crippen molar-refractivity contribution in [2.45, 2.75) is 6.92 Å². The quantitative estimate of drug-likeness (QED) is 0.335. The van der Waals surface area contributed by atoms with E-state index < -0.39 is 11.8 Å². The van der Waals surface area contributed by atoms with E-state index in [0.29, 0.717) is 16.8 Å². The highest BCUT2D eigenvalue weighted by Crippen LogP contribution is 2.16. The van der Waals surface area contributed by atoms with Gasteiger partial charge in [-0.25, -0.2) is 5.43 Å². The van der Waals surface area contributed by atoms with Crippen LogP contribution in [0.15, 0.2) is 95.7 Å². The zero-order chi connectivity index (χ0) is 21.3. The topological polar surface area (TPSA) is 90.8 Å². The second-order valence-electron chi connectivity index (χ2n) is 6.44. The summed E-state index contributed by atoms with van der Waals surface area (Å²) in [5.74, 6) is -0.933. The van der Waals surface area contributed by atoms with Crippen LogP contribution in [0.25, 0.3) is 6.08 Å². The molecule has 0 aromatic heterocycles. The molecular formula is C24H21N3O3. The minimum absolute atomic E-state index is 0.0453. The maximum Gasteiger partial charge on any atom is 0.287 e. The first-order valence-corrected chi connectivity index (χ1v) is 9.31. The van der Waals surface area contributed by atoms with Gasteiger partial charge in [-0.2, -0.15) is 5.10 Å². The van der Waals surface area contributed by atoms with E-state index in [1.807, 2.05) is 30.3 Å². The lowest BCUT2D eigenvalue weighted by atomic mass is 10.1. The number of hydrogen-bond acceptors (Lipinski definition) is 4. The smallest absolute Gasteiger partial charge is 0.287 e. The molecule has 0 saturated carbocycles. The van der Waals surface area contributed by atoms with E-state index in [9.17, 15) is 14.7 Å². The number of para-hydroxylation sites is 1. The molecule has 0 aliphatic rings. The molecule has 0 spiro atoms. The SMILES string of the molecule is C/C(=N/NC(=O)/C(=C/c1ccccc1)NC(=O)c1ccccc1)c1ccccc1O. The maximum atomic E-state index is 12.8. The minimum Gasteiger partial charge on any atom is -0.507 e. The normalized spacial score (nSPS) is 11.6. The van der Waals surface area contributed by atoms with Crippen molar-refractivity contribution in [2.24, 2.45) is 5.10 Å². The van der Waals surface area contributed by atoms with E-state index in [1.165, 1.54) is 6.07 Å². The second-order valence-corrected chi connectivity index (χ2v) is 6.44. The Morgan fingerprint density at radius 1 is 0.867 bits per heavy atom. The molecule has 0 saturated heterocycles. The maximum absolute atomic E-state index is 12.8. The molecular weight excluding hydrogens is 378 g/mol. The van der Waals surface area contributed by atoms with Gasteiger partial charge in [-0.15, -0.1) is 0 Å². The van der Waals surface area contributed by atoms with Crippen LogP contribution in [0.1, 0.15) is 28.4 Å². The number of phenolic OH excluding ortho intramolecular Hbond substituents is 1. The highest BCUT2D eigenvalue weighted by atomic mass is 16.3. The zero-order valence-electron chi connectivity index (χ0n) is 16.4. The number of rotatable bonds is 6. The molecule has 3 N–H and O–H groups in total. The Morgan fingerprint density at radius 3 is 2.13 bits per heavy atom. The predicted octanol–water partition coefficient (Wildman–Crippen LogP) is 3.70. The lowest BCUT2D eigenvalue weighted by Crippen LogP contribution is -2.33. The summed E-state index contributed by atoms with van der Waals surface area (Å²) in [6.45, 7) is 1.67. The predicted molar refractivity (Wildman–Crippen MR) is 117 cm³/mol. The Balaban J connectivity index is 1.83. The number of nitrogens with zero attached hydrogens (tertiary/aromatic N) is 1. The van der Waals surface area contributed by atoms with Crippen molar-refractivity contribution in [3.8, 4) is 5.75 Å². The number of aromatic hydroxyl groups is 1. The molecule has 3 aromatic rings. The summed E-state index contributed by atoms with van der Waals surface area (Å²) in [4.78, 5) is 25.3. The molecule has 0 bridgehead atoms. The summed E-state index contributed by atoms with van der Waals surface area (Å²) < 4.78 is 0. The Bertz CT molecular complexity index is 1090. The fourth-order valence-corrected chi connectivity index (χ4v) is 2.69. The minimum atomic E-state index is -0.585. The van der Waals surface area contributed by atoms with Gasteiger partial charge in [-0.1, -0.05) is 60.7 Å². The summed E-state index contributed by atoms with van der Waals surface area (Å²) in [6, 6.07) is 24.5. The molecule has 0 unspecified atom stereocenters. The van der Waals surface area contributed by atoms with E-state index in [4.69, 9.17) is 0 Å². The number of carbonyl (C=O) groups excluding carboxylic acids is 2. The van der Waals surface area contributed by atoms with Gasteiger partial charge in [0, 0.05) is 11.1 Å². The molecule has 0 fully saturated rings. The van der Waals surface area contributed by atoms with E-state index in [-0.39, 0.29) is 11.4 Å². The molecule has 30 heavy (non-hydrogen) atoms. The van der Waals surface area contributed by atoms with E-state index in [2.05, 4.69) is 15.8 Å². The summed E-state index contributed by atoms with van der Waals surface area (Å²) in [5, 5.41) is 16.6. The van der Waals surface area contributed by atoms with Crippen molar-refractivity contribution in [3.05, 3.63) is 107 Å². The number of carbonyl (C=O) groups is 2. The first kappa shape index (κ1) is 20.5. The number of hydrogen-bond donors (Lipinski definition) is 3. The van der Waals surface area contributed by atoms with Gasteiger partial charge < -0.3 is 10.4 Å². The lowest BCUT2D eigenvalue weighted by Gasteiger charge is -2.10. The number of phenols is 1. The molecule has 3 aromatic carbocycles. The third-order valence-electron chi connectivity index (χ3n) is 4.26. The highest BCUT2D eigenvalue weighted by Gasteiger charge is 2.15. The van der Waals surface area contributed by atoms with Gasteiger partial charge in [0.25, 0.3) is 11.8 Å². The highest BCUT2D eigenvalue weighted by molar-refractivity contribution is 6.06. The van der Waals surface area contributed by atoms with Crippen molar-refractivity contribution >= 4 is 23.6 Å². The number of benzene rings is 3. The third-order valence-corrected chi connectivity index (χ3v) is 4.26. The molecule has 3 rings (SSSR count). The molecule has 150 valence electrons. The average molecular weight is 399 g/mol. The summed E-state index contributed by atoms with van der Waals surface area (Å²) in [5.41, 5.74) is 4.59. The van der Waals surface area contributed by atoms with Crippen LogP contribution in [0.5, 0.6) is 5.75 Å². The van der Waals surface area contributed by atoms with Crippen LogP contribution in [0, 0.1) is 0 Å². The Kier molecular flexibility index (Phi) is 6.74. The average Bonchev–Trinajstić information content (AvgIpc) is 2.78. The molecule has 6 nitrogen and oxygen atoms in total. The Hall–Kier alpha value is -4.19. The van der Waals surface area contributed by atoms with Crippen molar-refractivity contribution in [2.75, 3.05) is 0 Å². The van der Waals surface area contributed by atoms with E-state index in [0.717, 1.165) is 5.56 Å². The van der Waals surface area contributed by atoms with Gasteiger partial charge in [0.15, 0.2) is 0 Å². The molecule has 0 radical (unpaired) electrons. The van der Waals surface area contributed by atoms with Crippen LogP contribution in [0.4, 0.5) is 0 Å². The third kappa shape index (κ3) is 5.42. The van der Waals surface area contributed by atoms with Crippen molar-refractivity contribution in [1.82, 2.24) is 10.7 Å². The molecule has 0 aliphatic carbocycles. The Morgan fingerprint density at radius 2 is 1.47 bits per heavy atom. The van der Waals surface area contributed by atoms with Crippen LogP contribution in [0.2, 0.25) is 0 Å². The molecule has 0 aliphatic heterocycles. The monoisotopic (exact) mass is 399 g/mol. The zero-order valence-corrected chi connectivity index (χ0v) is 16.4. The molecule has 6 heteroatoms. The number of amides is 2. The number of hydrazone groups is 1. The van der Waals surface area contributed by atoms with E-state index >= 15 is 0 Å². The second kappa shape index (κ2) is 9.84. The first-order chi connectivity index (χ1) is 14.5. The van der Waals surface area contributed by atoms with Crippen LogP contribution in [0.3, 0.4) is 0 Å². The van der Waals surface area contributed by atoms with Crippen molar-refractivity contribution < 1.29 is 14.7 Å². The molecule has 0 atom stereocenters. The van der Waals surface area contributed by atoms with Crippen LogP contribution >= 0.6 is 0 Å². The Labute approximate surface area is 174 Å². The van der Waals surface area contributed by atoms with E-state index in [1.54, 1.807) is 61.5 Å². The fraction of sp³-hybridized carbons (Fsp3) is 0.0417. The fourth-order valence-electron chi connectivity index (χ4n) is 2.69. The summed E-state index contributed by atoms with van der Waals surface area (Å²) in [6.07, 6.45) is 1.57. The van der Waals surface area contributed by atoms with Gasteiger partial charge in [0.05, 0.1) is 5.71 Å². The van der Waals surface area contributed by atoms with Crippen molar-refractivity contribution in [1.29, 1.82) is 0 Å². The van der Waals surface area contributed by atoms with Crippen molar-refractivity contribution in [3.63, 3.8) is 0 Å². The van der Waals surface area contributed by atoms with Gasteiger partial charge in [-0.05, 0) is 42.8 Å². The van der Waals surface area contributed by atoms with Gasteiger partial charge >= 0.3 is 0 Å². The van der Waals surface area contributed by atoms with Crippen LogP contribution in [-0.2, 0) is 4.79 Å². The van der Waals surface area contributed by atoms with Gasteiger partial charge in [0.1, 0.15) is 11.4 Å². The standard InChI is InChI=1S/C24H21N3O3/c1-17(20-14-8-9-15-22(20)28)26-27-24(30)21(16-18-10-4-2-5-11-18)25-23(29)19-12-6-3-7-13-19/h2-16,28H,1H3,(H,25,29)(H,27,30)/b21-16-,26-17-. The van der Waals surface area contributed by atoms with Gasteiger partial charge in [0.2, 0.25) is 0 Å². The van der Waals surface area contributed by atoms with Crippen LogP contribution in [-0.4, -0.2) is 22.6 Å². The molecule has 2 amide bonds.